The molecule has 3 rings (SSSR count). The maximum Gasteiger partial charge on any atom is 0.191 e. The first-order valence-corrected chi connectivity index (χ1v) is 9.53. The second-order valence-electron chi connectivity index (χ2n) is 6.69. The first-order chi connectivity index (χ1) is 12.8. The van der Waals surface area contributed by atoms with Gasteiger partial charge >= 0.3 is 0 Å². The molecule has 0 bridgehead atoms. The van der Waals surface area contributed by atoms with Crippen molar-refractivity contribution in [3.05, 3.63) is 42.1 Å². The Labute approximate surface area is 178 Å². The molecule has 150 valence electrons. The van der Waals surface area contributed by atoms with E-state index < -0.39 is 0 Å². The van der Waals surface area contributed by atoms with E-state index in [1.54, 1.807) is 6.26 Å². The molecule has 1 aliphatic heterocycles. The number of aliphatic imine (C=N–C) groups is 1. The van der Waals surface area contributed by atoms with Crippen molar-refractivity contribution in [1.29, 1.82) is 0 Å². The molecule has 0 aliphatic carbocycles. The minimum absolute atomic E-state index is 0. The number of furan rings is 1. The Morgan fingerprint density at radius 2 is 2.15 bits per heavy atom. The third kappa shape index (κ3) is 6.53. The fourth-order valence-corrected chi connectivity index (χ4v) is 3.37. The lowest BCUT2D eigenvalue weighted by molar-refractivity contribution is 0.221. The Kier molecular flexibility index (Phi) is 9.12. The second kappa shape index (κ2) is 11.3. The number of likely N-dealkylation sites (tertiary alicyclic amines) is 1. The van der Waals surface area contributed by atoms with Crippen molar-refractivity contribution in [2.75, 3.05) is 32.7 Å². The zero-order valence-corrected chi connectivity index (χ0v) is 18.6. The molecule has 0 saturated carbocycles. The molecule has 1 fully saturated rings. The van der Waals surface area contributed by atoms with E-state index in [0.29, 0.717) is 6.54 Å². The highest BCUT2D eigenvalue weighted by Gasteiger charge is 2.25. The van der Waals surface area contributed by atoms with Crippen molar-refractivity contribution < 1.29 is 4.42 Å². The fraction of sp³-hybridized carbons (Fsp3) is 0.579. The van der Waals surface area contributed by atoms with E-state index >= 15 is 0 Å². The largest absolute Gasteiger partial charge is 0.468 e. The van der Waals surface area contributed by atoms with Gasteiger partial charge in [-0.15, -0.1) is 24.0 Å². The van der Waals surface area contributed by atoms with Crippen molar-refractivity contribution in [2.45, 2.75) is 32.2 Å². The molecule has 2 N–H and O–H groups in total. The standard InChI is InChI=1S/C19H30N6O.HI/c1-3-20-19(21-9-8-16-13-23-24(2)15-16)22-14-17(18-7-6-12-26-18)25-10-4-5-11-25;/h6-7,12-13,15,17H,3-5,8-11,14H2,1-2H3,(H2,20,21,22);1H. The van der Waals surface area contributed by atoms with Crippen LogP contribution < -0.4 is 10.6 Å². The normalized spacial score (nSPS) is 16.1. The van der Waals surface area contributed by atoms with Crippen LogP contribution >= 0.6 is 24.0 Å². The third-order valence-electron chi connectivity index (χ3n) is 4.68. The monoisotopic (exact) mass is 486 g/mol. The second-order valence-corrected chi connectivity index (χ2v) is 6.69. The van der Waals surface area contributed by atoms with Crippen molar-refractivity contribution >= 4 is 29.9 Å². The Balaban J connectivity index is 0.00000261. The van der Waals surface area contributed by atoms with E-state index in [1.165, 1.54) is 18.4 Å². The van der Waals surface area contributed by atoms with Gasteiger partial charge in [0.1, 0.15) is 5.76 Å². The molecule has 2 aromatic rings. The van der Waals surface area contributed by atoms with Crippen LogP contribution in [0.25, 0.3) is 0 Å². The van der Waals surface area contributed by atoms with Gasteiger partial charge in [0.2, 0.25) is 0 Å². The van der Waals surface area contributed by atoms with E-state index in [4.69, 9.17) is 9.41 Å². The van der Waals surface area contributed by atoms with Gasteiger partial charge in [-0.3, -0.25) is 14.6 Å². The van der Waals surface area contributed by atoms with Gasteiger partial charge in [-0.1, -0.05) is 0 Å². The number of guanidine groups is 1. The zero-order valence-electron chi connectivity index (χ0n) is 16.2. The fourth-order valence-electron chi connectivity index (χ4n) is 3.37. The van der Waals surface area contributed by atoms with Crippen LogP contribution in [0, 0.1) is 0 Å². The molecule has 2 aromatic heterocycles. The molecule has 1 atom stereocenters. The molecule has 8 heteroatoms. The minimum Gasteiger partial charge on any atom is -0.468 e. The van der Waals surface area contributed by atoms with E-state index in [2.05, 4.69) is 33.6 Å². The van der Waals surface area contributed by atoms with Crippen molar-refractivity contribution in [3.8, 4) is 0 Å². The van der Waals surface area contributed by atoms with Crippen molar-refractivity contribution in [1.82, 2.24) is 25.3 Å². The van der Waals surface area contributed by atoms with Crippen LogP contribution in [0.3, 0.4) is 0 Å². The highest BCUT2D eigenvalue weighted by atomic mass is 127. The predicted octanol–water partition coefficient (Wildman–Crippen LogP) is 2.57. The SMILES string of the molecule is CCNC(=NCC(c1ccco1)N1CCCC1)NCCc1cnn(C)c1.I. The number of hydrogen-bond acceptors (Lipinski definition) is 4. The van der Waals surface area contributed by atoms with Gasteiger partial charge in [0.15, 0.2) is 5.96 Å². The first kappa shape index (κ1) is 21.7. The van der Waals surface area contributed by atoms with Gasteiger partial charge in [-0.25, -0.2) is 0 Å². The summed E-state index contributed by atoms with van der Waals surface area (Å²) in [6.07, 6.45) is 9.14. The maximum atomic E-state index is 5.68. The van der Waals surface area contributed by atoms with Gasteiger partial charge in [0.05, 0.1) is 25.0 Å². The first-order valence-electron chi connectivity index (χ1n) is 9.53. The number of nitrogens with one attached hydrogen (secondary N) is 2. The minimum atomic E-state index is 0. The summed E-state index contributed by atoms with van der Waals surface area (Å²) in [5, 5.41) is 11.0. The quantitative estimate of drug-likeness (QED) is 0.341. The predicted molar refractivity (Wildman–Crippen MR) is 119 cm³/mol. The molecule has 7 nitrogen and oxygen atoms in total. The topological polar surface area (TPSA) is 70.6 Å². The summed E-state index contributed by atoms with van der Waals surface area (Å²) in [5.74, 6) is 1.86. The van der Waals surface area contributed by atoms with Gasteiger partial charge in [0, 0.05) is 26.3 Å². The lowest BCUT2D eigenvalue weighted by atomic mass is 10.2. The van der Waals surface area contributed by atoms with Gasteiger partial charge in [0.25, 0.3) is 0 Å². The molecule has 0 radical (unpaired) electrons. The number of nitrogens with zero attached hydrogens (tertiary/aromatic N) is 4. The number of hydrogen-bond donors (Lipinski definition) is 2. The number of halogens is 1. The van der Waals surface area contributed by atoms with Crippen LogP contribution in [0.4, 0.5) is 0 Å². The summed E-state index contributed by atoms with van der Waals surface area (Å²) in [5.41, 5.74) is 1.22. The van der Waals surface area contributed by atoms with Gasteiger partial charge < -0.3 is 15.1 Å². The third-order valence-corrected chi connectivity index (χ3v) is 4.68. The lowest BCUT2D eigenvalue weighted by Gasteiger charge is -2.24. The van der Waals surface area contributed by atoms with Crippen LogP contribution in [-0.2, 0) is 13.5 Å². The summed E-state index contributed by atoms with van der Waals surface area (Å²) in [6, 6.07) is 4.22. The highest BCUT2D eigenvalue weighted by Crippen LogP contribution is 2.25. The van der Waals surface area contributed by atoms with Gasteiger partial charge in [-0.2, -0.15) is 5.10 Å². The average molecular weight is 486 g/mol. The summed E-state index contributed by atoms with van der Waals surface area (Å²) in [7, 11) is 1.94. The molecule has 27 heavy (non-hydrogen) atoms. The number of rotatable bonds is 8. The van der Waals surface area contributed by atoms with Crippen molar-refractivity contribution in [2.24, 2.45) is 12.0 Å². The van der Waals surface area contributed by atoms with E-state index in [-0.39, 0.29) is 30.0 Å². The van der Waals surface area contributed by atoms with E-state index in [1.807, 2.05) is 30.2 Å². The maximum absolute atomic E-state index is 5.68. The Morgan fingerprint density at radius 3 is 2.78 bits per heavy atom. The molecule has 1 unspecified atom stereocenters. The molecule has 3 heterocycles. The average Bonchev–Trinajstić information content (AvgIpc) is 3.38. The molecular weight excluding hydrogens is 455 g/mol. The molecular formula is C19H31IN6O. The summed E-state index contributed by atoms with van der Waals surface area (Å²) in [4.78, 5) is 7.30. The van der Waals surface area contributed by atoms with Crippen LogP contribution in [0.5, 0.6) is 0 Å². The van der Waals surface area contributed by atoms with Crippen LogP contribution in [0.2, 0.25) is 0 Å². The highest BCUT2D eigenvalue weighted by molar-refractivity contribution is 14.0. The Hall–Kier alpha value is -1.55. The molecule has 1 aliphatic rings. The smallest absolute Gasteiger partial charge is 0.191 e. The Morgan fingerprint density at radius 1 is 1.33 bits per heavy atom. The summed E-state index contributed by atoms with van der Waals surface area (Å²) in [6.45, 7) is 6.68. The number of aromatic nitrogens is 2. The molecule has 0 amide bonds. The summed E-state index contributed by atoms with van der Waals surface area (Å²) < 4.78 is 7.51. The number of aryl methyl sites for hydroxylation is 1. The van der Waals surface area contributed by atoms with Crippen molar-refractivity contribution in [3.63, 3.8) is 0 Å². The van der Waals surface area contributed by atoms with Crippen LogP contribution in [-0.4, -0.2) is 53.4 Å². The molecule has 0 spiro atoms. The van der Waals surface area contributed by atoms with E-state index in [0.717, 1.165) is 44.3 Å². The zero-order chi connectivity index (χ0) is 18.2. The van der Waals surface area contributed by atoms with Crippen LogP contribution in [0.1, 0.15) is 37.1 Å². The lowest BCUT2D eigenvalue weighted by Crippen LogP contribution is -2.39. The van der Waals surface area contributed by atoms with E-state index in [9.17, 15) is 0 Å². The summed E-state index contributed by atoms with van der Waals surface area (Å²) >= 11 is 0. The van der Waals surface area contributed by atoms with Gasteiger partial charge in [-0.05, 0) is 57.0 Å². The van der Waals surface area contributed by atoms with Crippen LogP contribution in [0.15, 0.2) is 40.2 Å². The molecule has 1 saturated heterocycles. The molecule has 0 aromatic carbocycles. The Bertz CT molecular complexity index is 678.